The molecule has 12 heteroatoms. The minimum absolute atomic E-state index is 0.0870. The fourth-order valence-electron chi connectivity index (χ4n) is 2.78. The van der Waals surface area contributed by atoms with Gasteiger partial charge in [-0.05, 0) is 29.4 Å². The first kappa shape index (κ1) is 21.0. The lowest BCUT2D eigenvalue weighted by Crippen LogP contribution is -2.40. The van der Waals surface area contributed by atoms with Crippen LogP contribution in [0.2, 0.25) is 0 Å². The Hall–Kier alpha value is -2.70. The summed E-state index contributed by atoms with van der Waals surface area (Å²) in [4.78, 5) is 2.27. The Bertz CT molecular complexity index is 803. The molecular formula is C17H21F3N6O3. The van der Waals surface area contributed by atoms with Crippen molar-refractivity contribution in [1.29, 1.82) is 0 Å². The third-order valence-corrected chi connectivity index (χ3v) is 4.36. The van der Waals surface area contributed by atoms with Crippen LogP contribution >= 0.6 is 0 Å². The van der Waals surface area contributed by atoms with Gasteiger partial charge in [0.15, 0.2) is 5.69 Å². The second-order valence-electron chi connectivity index (χ2n) is 6.34. The number of hydrogen-bond donors (Lipinski definition) is 3. The number of aromatic nitrogens is 2. The van der Waals surface area contributed by atoms with Crippen molar-refractivity contribution in [1.82, 2.24) is 20.5 Å². The molecule has 1 aromatic heterocycles. The lowest BCUT2D eigenvalue weighted by Gasteiger charge is -2.26. The maximum atomic E-state index is 12.7. The maximum Gasteiger partial charge on any atom is 0.416 e. The van der Waals surface area contributed by atoms with Crippen LogP contribution in [0.5, 0.6) is 0 Å². The monoisotopic (exact) mass is 414 g/mol. The van der Waals surface area contributed by atoms with Gasteiger partial charge in [0.25, 0.3) is 0 Å². The minimum Gasteiger partial charge on any atom is -0.409 e. The zero-order valence-electron chi connectivity index (χ0n) is 15.4. The van der Waals surface area contributed by atoms with E-state index >= 15 is 0 Å². The van der Waals surface area contributed by atoms with Crippen molar-refractivity contribution >= 4 is 11.5 Å². The highest BCUT2D eigenvalue weighted by Gasteiger charge is 2.30. The molecule has 3 N–H and O–H groups in total. The number of amidine groups is 1. The van der Waals surface area contributed by atoms with Crippen LogP contribution in [0.3, 0.4) is 0 Å². The minimum atomic E-state index is -4.43. The van der Waals surface area contributed by atoms with Gasteiger partial charge in [-0.25, -0.2) is 4.63 Å². The number of nitrogens with zero attached hydrogens (tertiary/aromatic N) is 4. The fourth-order valence-corrected chi connectivity index (χ4v) is 2.78. The molecule has 0 aliphatic carbocycles. The molecule has 1 aliphatic rings. The quantitative estimate of drug-likeness (QED) is 0.207. The van der Waals surface area contributed by atoms with Crippen LogP contribution in [0.1, 0.15) is 17.0 Å². The molecule has 0 spiro atoms. The van der Waals surface area contributed by atoms with Crippen molar-refractivity contribution in [3.05, 3.63) is 41.2 Å². The molecule has 0 radical (unpaired) electrons. The average Bonchev–Trinajstić information content (AvgIpc) is 3.18. The molecule has 0 unspecified atom stereocenters. The SMILES string of the molecule is ON=C(Nc1ccc(C(F)(F)F)cc1)c1nonc1CNCCN1CCOCC1. The summed E-state index contributed by atoms with van der Waals surface area (Å²) in [6, 6.07) is 4.29. The predicted octanol–water partition coefficient (Wildman–Crippen LogP) is 1.76. The van der Waals surface area contributed by atoms with Gasteiger partial charge in [0.05, 0.1) is 18.8 Å². The summed E-state index contributed by atoms with van der Waals surface area (Å²) >= 11 is 0. The van der Waals surface area contributed by atoms with E-state index in [1.54, 1.807) is 0 Å². The standard InChI is InChI=1S/C17H21F3N6O3/c18-17(19,20)12-1-3-13(4-2-12)22-16(23-27)15-14(24-29-25-15)11-21-5-6-26-7-9-28-10-8-26/h1-4,21,27H,5-11H2,(H,22,23). The van der Waals surface area contributed by atoms with Crippen LogP contribution in [0.25, 0.3) is 0 Å². The Morgan fingerprint density at radius 2 is 1.90 bits per heavy atom. The molecule has 29 heavy (non-hydrogen) atoms. The number of oxime groups is 1. The summed E-state index contributed by atoms with van der Waals surface area (Å²) in [5.41, 5.74) is 0.0734. The van der Waals surface area contributed by atoms with Crippen LogP contribution in [-0.2, 0) is 17.5 Å². The molecule has 0 atom stereocenters. The zero-order valence-corrected chi connectivity index (χ0v) is 15.4. The number of nitrogens with one attached hydrogen (secondary N) is 2. The maximum absolute atomic E-state index is 12.7. The number of anilines is 1. The van der Waals surface area contributed by atoms with Crippen molar-refractivity contribution in [2.24, 2.45) is 5.16 Å². The Labute approximate surface area is 164 Å². The van der Waals surface area contributed by atoms with E-state index in [1.807, 2.05) is 0 Å². The molecule has 1 aromatic carbocycles. The molecule has 1 fully saturated rings. The Morgan fingerprint density at radius 3 is 2.55 bits per heavy atom. The van der Waals surface area contributed by atoms with Crippen LogP contribution in [0, 0.1) is 0 Å². The van der Waals surface area contributed by atoms with Crippen molar-refractivity contribution in [2.45, 2.75) is 12.7 Å². The van der Waals surface area contributed by atoms with Crippen molar-refractivity contribution < 1.29 is 27.7 Å². The highest BCUT2D eigenvalue weighted by atomic mass is 19.4. The zero-order chi connectivity index (χ0) is 20.7. The highest BCUT2D eigenvalue weighted by Crippen LogP contribution is 2.29. The second-order valence-corrected chi connectivity index (χ2v) is 6.34. The van der Waals surface area contributed by atoms with Gasteiger partial charge in [-0.2, -0.15) is 13.2 Å². The number of hydrogen-bond acceptors (Lipinski definition) is 8. The normalized spacial score (nSPS) is 16.2. The molecule has 3 rings (SSSR count). The molecule has 0 amide bonds. The molecule has 2 aromatic rings. The van der Waals surface area contributed by atoms with E-state index in [0.717, 1.165) is 45.0 Å². The van der Waals surface area contributed by atoms with E-state index in [9.17, 15) is 18.4 Å². The van der Waals surface area contributed by atoms with Gasteiger partial charge in [0, 0.05) is 38.4 Å². The number of benzene rings is 1. The molecule has 0 saturated carbocycles. The number of alkyl halides is 3. The van der Waals surface area contributed by atoms with Crippen LogP contribution in [0.4, 0.5) is 18.9 Å². The summed E-state index contributed by atoms with van der Waals surface area (Å²) < 4.78 is 48.0. The Kier molecular flexibility index (Phi) is 7.01. The number of ether oxygens (including phenoxy) is 1. The molecule has 1 saturated heterocycles. The summed E-state index contributed by atoms with van der Waals surface area (Å²) in [5, 5.41) is 25.9. The second kappa shape index (κ2) is 9.67. The summed E-state index contributed by atoms with van der Waals surface area (Å²) in [6.45, 7) is 5.08. The van der Waals surface area contributed by atoms with Gasteiger partial charge in [-0.3, -0.25) is 4.90 Å². The summed E-state index contributed by atoms with van der Waals surface area (Å²) in [6.07, 6.45) is -4.43. The van der Waals surface area contributed by atoms with E-state index in [0.29, 0.717) is 24.5 Å². The van der Waals surface area contributed by atoms with E-state index in [4.69, 9.17) is 9.37 Å². The van der Waals surface area contributed by atoms with E-state index in [2.05, 4.69) is 31.0 Å². The van der Waals surface area contributed by atoms with E-state index in [1.165, 1.54) is 12.1 Å². The summed E-state index contributed by atoms with van der Waals surface area (Å²) in [5.74, 6) is -0.0870. The summed E-state index contributed by atoms with van der Waals surface area (Å²) in [7, 11) is 0. The fraction of sp³-hybridized carbons (Fsp3) is 0.471. The lowest BCUT2D eigenvalue weighted by molar-refractivity contribution is -0.137. The van der Waals surface area contributed by atoms with E-state index < -0.39 is 11.7 Å². The lowest BCUT2D eigenvalue weighted by atomic mass is 10.2. The van der Waals surface area contributed by atoms with Crippen LogP contribution in [-0.4, -0.2) is 65.6 Å². The van der Waals surface area contributed by atoms with Gasteiger partial charge in [-0.15, -0.1) is 0 Å². The molecule has 2 heterocycles. The van der Waals surface area contributed by atoms with Crippen molar-refractivity contribution in [2.75, 3.05) is 44.7 Å². The Balaban J connectivity index is 1.55. The number of rotatable bonds is 7. The van der Waals surface area contributed by atoms with E-state index in [-0.39, 0.29) is 11.5 Å². The average molecular weight is 414 g/mol. The van der Waals surface area contributed by atoms with Gasteiger partial charge in [0.2, 0.25) is 5.84 Å². The highest BCUT2D eigenvalue weighted by molar-refractivity contribution is 6.07. The number of halogens is 3. The van der Waals surface area contributed by atoms with Crippen molar-refractivity contribution in [3.8, 4) is 0 Å². The van der Waals surface area contributed by atoms with Gasteiger partial charge < -0.3 is 20.6 Å². The Morgan fingerprint density at radius 1 is 1.17 bits per heavy atom. The smallest absolute Gasteiger partial charge is 0.409 e. The third-order valence-electron chi connectivity index (χ3n) is 4.36. The first-order valence-electron chi connectivity index (χ1n) is 8.96. The van der Waals surface area contributed by atoms with Gasteiger partial charge >= 0.3 is 6.18 Å². The molecular weight excluding hydrogens is 393 g/mol. The predicted molar refractivity (Wildman–Crippen MR) is 96.7 cm³/mol. The van der Waals surface area contributed by atoms with Crippen LogP contribution in [0.15, 0.2) is 34.1 Å². The first-order valence-corrected chi connectivity index (χ1v) is 8.96. The number of morpholine rings is 1. The molecule has 9 nitrogen and oxygen atoms in total. The molecule has 1 aliphatic heterocycles. The van der Waals surface area contributed by atoms with Gasteiger partial charge in [-0.1, -0.05) is 10.3 Å². The topological polar surface area (TPSA) is 108 Å². The molecule has 158 valence electrons. The third kappa shape index (κ3) is 5.89. The first-order chi connectivity index (χ1) is 14.0. The van der Waals surface area contributed by atoms with Crippen LogP contribution < -0.4 is 10.6 Å². The van der Waals surface area contributed by atoms with Crippen molar-refractivity contribution in [3.63, 3.8) is 0 Å². The van der Waals surface area contributed by atoms with Gasteiger partial charge in [0.1, 0.15) is 5.69 Å². The molecule has 0 bridgehead atoms. The largest absolute Gasteiger partial charge is 0.416 e.